The number of unbranched alkanes of at least 4 members (excludes halogenated alkanes) is 3. The predicted octanol–water partition coefficient (Wildman–Crippen LogP) is 5.15. The van der Waals surface area contributed by atoms with Gasteiger partial charge >= 0.3 is 0 Å². The number of para-hydroxylation sites is 1. The van der Waals surface area contributed by atoms with Crippen LogP contribution in [0.1, 0.15) is 66.7 Å². The summed E-state index contributed by atoms with van der Waals surface area (Å²) in [5, 5.41) is 2.52. The molecule has 0 saturated carbocycles. The van der Waals surface area contributed by atoms with Crippen LogP contribution in [0.25, 0.3) is 0 Å². The number of nitrogens with one attached hydrogen (secondary N) is 3. The minimum atomic E-state index is -0.446. The minimum Gasteiger partial charge on any atom is -0.493 e. The summed E-state index contributed by atoms with van der Waals surface area (Å²) in [6.07, 6.45) is 5.11. The molecule has 0 aromatic heterocycles. The van der Waals surface area contributed by atoms with E-state index in [2.05, 4.69) is 39.0 Å². The Morgan fingerprint density at radius 3 is 2.33 bits per heavy atom. The van der Waals surface area contributed by atoms with Gasteiger partial charge in [0.1, 0.15) is 11.5 Å². The SMILES string of the molecule is CCCCCCOc1ccc(Br)cc1C(=O)NC(=S)NNC(=O)c1ccccc1OCCC. The number of carbonyl (C=O) groups excluding carboxylic acids is 2. The fraction of sp³-hybridized carbons (Fsp3) is 0.375. The van der Waals surface area contributed by atoms with Gasteiger partial charge in [-0.1, -0.05) is 61.2 Å². The number of carbonyl (C=O) groups is 2. The first-order chi connectivity index (χ1) is 16.0. The molecular formula is C24H30BrN3O4S. The van der Waals surface area contributed by atoms with E-state index in [0.29, 0.717) is 35.8 Å². The zero-order valence-electron chi connectivity index (χ0n) is 18.9. The molecule has 0 saturated heterocycles. The van der Waals surface area contributed by atoms with Crippen LogP contribution in [0.15, 0.2) is 46.9 Å². The molecule has 178 valence electrons. The molecule has 0 radical (unpaired) electrons. The Morgan fingerprint density at radius 2 is 1.58 bits per heavy atom. The zero-order valence-corrected chi connectivity index (χ0v) is 21.3. The molecule has 2 rings (SSSR count). The summed E-state index contributed by atoms with van der Waals surface area (Å²) in [5.41, 5.74) is 5.74. The highest BCUT2D eigenvalue weighted by molar-refractivity contribution is 9.10. The van der Waals surface area contributed by atoms with Gasteiger partial charge in [0.25, 0.3) is 11.8 Å². The molecule has 0 bridgehead atoms. The summed E-state index contributed by atoms with van der Waals surface area (Å²) >= 11 is 8.55. The number of hydrogen-bond donors (Lipinski definition) is 3. The first-order valence-electron chi connectivity index (χ1n) is 11.0. The standard InChI is InChI=1S/C24H30BrN3O4S/c1-3-5-6-9-15-32-21-13-12-17(25)16-19(21)22(29)26-24(33)28-27-23(30)18-10-7-8-11-20(18)31-14-4-2/h7-8,10-13,16H,3-6,9,14-15H2,1-2H3,(H,27,30)(H2,26,28,29,33). The minimum absolute atomic E-state index is 0.0471. The number of benzene rings is 2. The van der Waals surface area contributed by atoms with Gasteiger partial charge in [0, 0.05) is 4.47 Å². The third-order valence-electron chi connectivity index (χ3n) is 4.55. The molecule has 2 amide bonds. The van der Waals surface area contributed by atoms with Gasteiger partial charge in [-0.25, -0.2) is 0 Å². The molecule has 9 heteroatoms. The maximum absolute atomic E-state index is 12.8. The fourth-order valence-electron chi connectivity index (χ4n) is 2.89. The van der Waals surface area contributed by atoms with Gasteiger partial charge in [0.15, 0.2) is 5.11 Å². The van der Waals surface area contributed by atoms with E-state index in [1.165, 1.54) is 0 Å². The summed E-state index contributed by atoms with van der Waals surface area (Å²) in [6, 6.07) is 12.1. The number of thiocarbonyl (C=S) groups is 1. The molecule has 2 aromatic rings. The van der Waals surface area contributed by atoms with E-state index in [9.17, 15) is 9.59 Å². The van der Waals surface area contributed by atoms with Crippen molar-refractivity contribution < 1.29 is 19.1 Å². The van der Waals surface area contributed by atoms with Gasteiger partial charge in [0.2, 0.25) is 0 Å². The van der Waals surface area contributed by atoms with Crippen LogP contribution in [0, 0.1) is 0 Å². The third kappa shape index (κ3) is 9.01. The average molecular weight is 536 g/mol. The van der Waals surface area contributed by atoms with Crippen molar-refractivity contribution in [3.05, 3.63) is 58.1 Å². The van der Waals surface area contributed by atoms with Crippen LogP contribution >= 0.6 is 28.1 Å². The fourth-order valence-corrected chi connectivity index (χ4v) is 3.40. The van der Waals surface area contributed by atoms with Crippen LogP contribution in [0.3, 0.4) is 0 Å². The maximum atomic E-state index is 12.8. The van der Waals surface area contributed by atoms with Crippen LogP contribution in [0.2, 0.25) is 0 Å². The van der Waals surface area contributed by atoms with Gasteiger partial charge in [-0.3, -0.25) is 25.8 Å². The molecule has 0 spiro atoms. The third-order valence-corrected chi connectivity index (χ3v) is 5.25. The number of hydrogen-bond acceptors (Lipinski definition) is 5. The highest BCUT2D eigenvalue weighted by Gasteiger charge is 2.16. The van der Waals surface area contributed by atoms with Crippen molar-refractivity contribution in [3.63, 3.8) is 0 Å². The molecule has 0 fully saturated rings. The number of ether oxygens (including phenoxy) is 2. The van der Waals surface area contributed by atoms with Crippen molar-refractivity contribution in [1.82, 2.24) is 16.2 Å². The topological polar surface area (TPSA) is 88.7 Å². The van der Waals surface area contributed by atoms with Crippen molar-refractivity contribution in [1.29, 1.82) is 0 Å². The Bertz CT molecular complexity index is 955. The van der Waals surface area contributed by atoms with Crippen LogP contribution < -0.4 is 25.6 Å². The van der Waals surface area contributed by atoms with Crippen LogP contribution in [-0.2, 0) is 0 Å². The Kier molecular flexibility index (Phi) is 11.7. The van der Waals surface area contributed by atoms with Crippen molar-refractivity contribution in [3.8, 4) is 11.5 Å². The summed E-state index contributed by atoms with van der Waals surface area (Å²) < 4.78 is 12.2. The first kappa shape index (κ1) is 26.6. The average Bonchev–Trinajstić information content (AvgIpc) is 2.82. The molecule has 0 aliphatic carbocycles. The van der Waals surface area contributed by atoms with E-state index in [1.54, 1.807) is 36.4 Å². The van der Waals surface area contributed by atoms with Crippen molar-refractivity contribution in [2.75, 3.05) is 13.2 Å². The summed E-state index contributed by atoms with van der Waals surface area (Å²) in [6.45, 7) is 5.16. The first-order valence-corrected chi connectivity index (χ1v) is 12.2. The molecule has 0 unspecified atom stereocenters. The molecule has 7 nitrogen and oxygen atoms in total. The van der Waals surface area contributed by atoms with Crippen molar-refractivity contribution in [2.24, 2.45) is 0 Å². The van der Waals surface area contributed by atoms with Crippen molar-refractivity contribution in [2.45, 2.75) is 46.0 Å². The zero-order chi connectivity index (χ0) is 24.1. The molecule has 3 N–H and O–H groups in total. The molecule has 0 heterocycles. The number of amides is 2. The number of hydrazine groups is 1. The quantitative estimate of drug-likeness (QED) is 0.209. The Hall–Kier alpha value is -2.65. The van der Waals surface area contributed by atoms with Crippen LogP contribution in [-0.4, -0.2) is 30.1 Å². The van der Waals surface area contributed by atoms with Crippen LogP contribution in [0.4, 0.5) is 0 Å². The van der Waals surface area contributed by atoms with Crippen molar-refractivity contribution >= 4 is 45.1 Å². The normalized spacial score (nSPS) is 10.3. The van der Waals surface area contributed by atoms with Gasteiger partial charge < -0.3 is 9.47 Å². The van der Waals surface area contributed by atoms with E-state index in [1.807, 2.05) is 13.0 Å². The highest BCUT2D eigenvalue weighted by atomic mass is 79.9. The summed E-state index contributed by atoms with van der Waals surface area (Å²) in [5.74, 6) is 0.0691. The van der Waals surface area contributed by atoms with Gasteiger partial charge in [-0.05, 0) is 55.4 Å². The molecule has 33 heavy (non-hydrogen) atoms. The predicted molar refractivity (Wildman–Crippen MR) is 137 cm³/mol. The Morgan fingerprint density at radius 1 is 0.848 bits per heavy atom. The second-order valence-electron chi connectivity index (χ2n) is 7.26. The maximum Gasteiger partial charge on any atom is 0.273 e. The van der Waals surface area contributed by atoms with E-state index >= 15 is 0 Å². The van der Waals surface area contributed by atoms with Gasteiger partial charge in [-0.2, -0.15) is 0 Å². The smallest absolute Gasteiger partial charge is 0.273 e. The largest absolute Gasteiger partial charge is 0.493 e. The lowest BCUT2D eigenvalue weighted by atomic mass is 10.2. The lowest BCUT2D eigenvalue weighted by Gasteiger charge is -2.15. The highest BCUT2D eigenvalue weighted by Crippen LogP contribution is 2.24. The van der Waals surface area contributed by atoms with E-state index < -0.39 is 11.8 Å². The lowest BCUT2D eigenvalue weighted by Crippen LogP contribution is -2.48. The van der Waals surface area contributed by atoms with E-state index in [4.69, 9.17) is 21.7 Å². The molecule has 2 aromatic carbocycles. The molecule has 0 aliphatic rings. The molecule has 0 atom stereocenters. The van der Waals surface area contributed by atoms with Gasteiger partial charge in [-0.15, -0.1) is 0 Å². The molecule has 0 aliphatic heterocycles. The molecular weight excluding hydrogens is 506 g/mol. The second kappa shape index (κ2) is 14.5. The Labute approximate surface area is 208 Å². The monoisotopic (exact) mass is 535 g/mol. The second-order valence-corrected chi connectivity index (χ2v) is 8.58. The van der Waals surface area contributed by atoms with E-state index in [-0.39, 0.29) is 5.11 Å². The number of halogens is 1. The van der Waals surface area contributed by atoms with Gasteiger partial charge in [0.05, 0.1) is 24.3 Å². The van der Waals surface area contributed by atoms with Crippen LogP contribution in [0.5, 0.6) is 11.5 Å². The van der Waals surface area contributed by atoms with E-state index in [0.717, 1.165) is 36.6 Å². The number of rotatable bonds is 11. The summed E-state index contributed by atoms with van der Waals surface area (Å²) in [4.78, 5) is 25.3. The summed E-state index contributed by atoms with van der Waals surface area (Å²) in [7, 11) is 0. The lowest BCUT2D eigenvalue weighted by molar-refractivity contribution is 0.0930. The Balaban J connectivity index is 1.93.